The number of aliphatic imine (C=N–C) groups is 1. The quantitative estimate of drug-likeness (QED) is 0.548. The van der Waals surface area contributed by atoms with Gasteiger partial charge in [0.25, 0.3) is 0 Å². The third-order valence-electron chi connectivity index (χ3n) is 3.40. The third-order valence-corrected chi connectivity index (χ3v) is 3.40. The van der Waals surface area contributed by atoms with Crippen LogP contribution in [0.3, 0.4) is 0 Å². The van der Waals surface area contributed by atoms with E-state index in [4.69, 9.17) is 9.84 Å². The number of aliphatic hydroxyl groups is 3. The Kier molecular flexibility index (Phi) is 3.23. The molecule has 8 heteroatoms. The molecule has 2 aliphatic heterocycles. The van der Waals surface area contributed by atoms with Crippen LogP contribution < -0.4 is 5.32 Å². The summed E-state index contributed by atoms with van der Waals surface area (Å²) in [5.41, 5.74) is 0.503. The summed E-state index contributed by atoms with van der Waals surface area (Å²) in [6.07, 6.45) is 0.935. The molecule has 2 aliphatic rings. The fraction of sp³-hybridized carbons (Fsp3) is 0.636. The lowest BCUT2D eigenvalue weighted by Crippen LogP contribution is -2.24. The average molecular weight is 268 g/mol. The van der Waals surface area contributed by atoms with E-state index in [-0.39, 0.29) is 13.2 Å². The van der Waals surface area contributed by atoms with E-state index in [0.717, 1.165) is 0 Å². The van der Waals surface area contributed by atoms with Crippen molar-refractivity contribution < 1.29 is 20.1 Å². The molecule has 4 N–H and O–H groups in total. The zero-order valence-corrected chi connectivity index (χ0v) is 10.2. The Bertz CT molecular complexity index is 489. The molecule has 8 nitrogen and oxygen atoms in total. The van der Waals surface area contributed by atoms with Crippen LogP contribution in [0, 0.1) is 0 Å². The van der Waals surface area contributed by atoms with Crippen molar-refractivity contribution >= 4 is 12.2 Å². The number of ether oxygens (including phenoxy) is 1. The van der Waals surface area contributed by atoms with E-state index in [9.17, 15) is 10.2 Å². The number of nitrogens with zero attached hydrogens (tertiary/aromatic N) is 3. The van der Waals surface area contributed by atoms with E-state index in [1.807, 2.05) is 0 Å². The lowest BCUT2D eigenvalue weighted by atomic mass is 10.2. The molecular formula is C11H16N4O4. The topological polar surface area (TPSA) is 112 Å². The van der Waals surface area contributed by atoms with E-state index in [2.05, 4.69) is 15.3 Å². The third kappa shape index (κ3) is 2.12. The van der Waals surface area contributed by atoms with E-state index in [1.165, 1.54) is 6.34 Å². The molecular weight excluding hydrogens is 252 g/mol. The molecule has 0 aromatic carbocycles. The minimum atomic E-state index is -0.762. The minimum Gasteiger partial charge on any atom is -0.394 e. The molecule has 1 saturated heterocycles. The number of aromatic nitrogens is 2. The fourth-order valence-electron chi connectivity index (χ4n) is 2.38. The first-order chi connectivity index (χ1) is 9.20. The van der Waals surface area contributed by atoms with Crippen LogP contribution in [0.5, 0.6) is 0 Å². The molecule has 4 atom stereocenters. The van der Waals surface area contributed by atoms with Gasteiger partial charge in [0.05, 0.1) is 31.9 Å². The van der Waals surface area contributed by atoms with E-state index in [0.29, 0.717) is 17.9 Å². The summed E-state index contributed by atoms with van der Waals surface area (Å²) in [6.45, 7) is 0.0243. The molecule has 0 radical (unpaired) electrons. The van der Waals surface area contributed by atoms with E-state index in [1.54, 1.807) is 10.9 Å². The zero-order chi connectivity index (χ0) is 13.4. The highest BCUT2D eigenvalue weighted by atomic mass is 16.5. The molecule has 1 aromatic heterocycles. The normalized spacial score (nSPS) is 33.8. The first kappa shape index (κ1) is 12.5. The van der Waals surface area contributed by atoms with Gasteiger partial charge in [0.15, 0.2) is 0 Å². The molecule has 0 bridgehead atoms. The summed E-state index contributed by atoms with van der Waals surface area (Å²) in [6, 6.07) is 0. The van der Waals surface area contributed by atoms with Gasteiger partial charge < -0.3 is 25.4 Å². The van der Waals surface area contributed by atoms with Crippen molar-refractivity contribution in [2.45, 2.75) is 31.0 Å². The maximum atomic E-state index is 9.89. The number of imidazole rings is 1. The van der Waals surface area contributed by atoms with Crippen LogP contribution in [0.2, 0.25) is 0 Å². The molecule has 0 spiro atoms. The highest BCUT2D eigenvalue weighted by Gasteiger charge is 2.36. The molecule has 0 amide bonds. The number of nitrogens with one attached hydrogen (secondary N) is 1. The molecule has 1 fully saturated rings. The number of anilines is 1. The number of fused-ring (bicyclic) bond motifs is 1. The van der Waals surface area contributed by atoms with Gasteiger partial charge in [-0.2, -0.15) is 0 Å². The summed E-state index contributed by atoms with van der Waals surface area (Å²) in [5, 5.41) is 31.7. The summed E-state index contributed by atoms with van der Waals surface area (Å²) < 4.78 is 7.27. The standard InChI is InChI=1S/C11H16N4O4/c16-3-8-6(17)1-9(19-8)15-5-14-10-7(18)2-12-4-13-11(10)15/h4-9,16-18H,1-3H2,(H,12,13)/t6?,7-,8?,9?/m1/s1. The van der Waals surface area contributed by atoms with Crippen LogP contribution in [0.4, 0.5) is 5.82 Å². The van der Waals surface area contributed by atoms with Crippen molar-refractivity contribution in [3.63, 3.8) is 0 Å². The fourth-order valence-corrected chi connectivity index (χ4v) is 2.38. The van der Waals surface area contributed by atoms with Gasteiger partial charge in [-0.05, 0) is 0 Å². The van der Waals surface area contributed by atoms with Crippen molar-refractivity contribution in [1.82, 2.24) is 9.55 Å². The van der Waals surface area contributed by atoms with Crippen LogP contribution in [0.1, 0.15) is 24.4 Å². The number of rotatable bonds is 2. The van der Waals surface area contributed by atoms with Crippen LogP contribution in [0.15, 0.2) is 11.3 Å². The smallest absolute Gasteiger partial charge is 0.139 e. The average Bonchev–Trinajstić information content (AvgIpc) is 2.93. The van der Waals surface area contributed by atoms with Crippen LogP contribution >= 0.6 is 0 Å². The first-order valence-corrected chi connectivity index (χ1v) is 6.14. The second-order valence-electron chi connectivity index (χ2n) is 4.65. The van der Waals surface area contributed by atoms with Gasteiger partial charge in [-0.3, -0.25) is 9.56 Å². The number of hydrogen-bond acceptors (Lipinski definition) is 7. The van der Waals surface area contributed by atoms with Gasteiger partial charge in [0.2, 0.25) is 0 Å². The van der Waals surface area contributed by atoms with Crippen molar-refractivity contribution in [3.05, 3.63) is 12.0 Å². The minimum absolute atomic E-state index is 0.230. The largest absolute Gasteiger partial charge is 0.394 e. The second kappa shape index (κ2) is 4.89. The molecule has 104 valence electrons. The molecule has 0 aliphatic carbocycles. The Morgan fingerprint density at radius 3 is 3.05 bits per heavy atom. The second-order valence-corrected chi connectivity index (χ2v) is 4.65. The number of hydrogen-bond donors (Lipinski definition) is 4. The molecule has 3 unspecified atom stereocenters. The van der Waals surface area contributed by atoms with Crippen LogP contribution in [-0.2, 0) is 4.74 Å². The summed E-state index contributed by atoms with van der Waals surface area (Å²) in [5.74, 6) is 0.601. The SMILES string of the molecule is OCC1OC(n2cnc3c2NC=NC[C@H]3O)CC1O. The van der Waals surface area contributed by atoms with Crippen molar-refractivity contribution in [3.8, 4) is 0 Å². The first-order valence-electron chi connectivity index (χ1n) is 6.14. The van der Waals surface area contributed by atoms with Crippen LogP contribution in [-0.4, -0.2) is 56.6 Å². The Morgan fingerprint density at radius 1 is 1.47 bits per heavy atom. The van der Waals surface area contributed by atoms with Gasteiger partial charge in [-0.15, -0.1) is 0 Å². The Hall–Kier alpha value is -1.48. The van der Waals surface area contributed by atoms with E-state index < -0.39 is 24.5 Å². The maximum absolute atomic E-state index is 9.89. The highest BCUT2D eigenvalue weighted by molar-refractivity contribution is 5.76. The highest BCUT2D eigenvalue weighted by Crippen LogP contribution is 2.34. The molecule has 3 heterocycles. The lowest BCUT2D eigenvalue weighted by Gasteiger charge is -2.16. The van der Waals surface area contributed by atoms with Crippen molar-refractivity contribution in [2.24, 2.45) is 4.99 Å². The van der Waals surface area contributed by atoms with Gasteiger partial charge in [-0.1, -0.05) is 0 Å². The maximum Gasteiger partial charge on any atom is 0.139 e. The Labute approximate surface area is 109 Å². The Balaban J connectivity index is 1.89. The van der Waals surface area contributed by atoms with Gasteiger partial charge in [0, 0.05) is 6.42 Å². The molecule has 0 saturated carbocycles. The lowest BCUT2D eigenvalue weighted by molar-refractivity contribution is -0.0437. The monoisotopic (exact) mass is 268 g/mol. The van der Waals surface area contributed by atoms with Gasteiger partial charge in [-0.25, -0.2) is 4.98 Å². The van der Waals surface area contributed by atoms with Gasteiger partial charge >= 0.3 is 0 Å². The zero-order valence-electron chi connectivity index (χ0n) is 10.2. The van der Waals surface area contributed by atoms with Crippen molar-refractivity contribution in [2.75, 3.05) is 18.5 Å². The number of aliphatic hydroxyl groups excluding tert-OH is 3. The van der Waals surface area contributed by atoms with Crippen LogP contribution in [0.25, 0.3) is 0 Å². The predicted molar refractivity (Wildman–Crippen MR) is 65.8 cm³/mol. The van der Waals surface area contributed by atoms with Crippen molar-refractivity contribution in [1.29, 1.82) is 0 Å². The predicted octanol–water partition coefficient (Wildman–Crippen LogP) is -0.989. The molecule has 3 rings (SSSR count). The van der Waals surface area contributed by atoms with Gasteiger partial charge in [0.1, 0.15) is 29.9 Å². The van der Waals surface area contributed by atoms with E-state index >= 15 is 0 Å². The summed E-state index contributed by atoms with van der Waals surface area (Å²) >= 11 is 0. The molecule has 1 aromatic rings. The summed E-state index contributed by atoms with van der Waals surface area (Å²) in [4.78, 5) is 8.15. The molecule has 19 heavy (non-hydrogen) atoms. The summed E-state index contributed by atoms with van der Waals surface area (Å²) in [7, 11) is 0. The Morgan fingerprint density at radius 2 is 2.32 bits per heavy atom.